The molecule has 1 aromatic heterocycles. The molecule has 0 aromatic carbocycles. The maximum atomic E-state index is 13.1. The van der Waals surface area contributed by atoms with E-state index in [9.17, 15) is 4.79 Å². The minimum atomic E-state index is -0.741. The van der Waals surface area contributed by atoms with E-state index in [4.69, 9.17) is 10.6 Å². The maximum absolute atomic E-state index is 13.1. The smallest absolute Gasteiger partial charge is 0.228 e. The molecule has 158 valence electrons. The van der Waals surface area contributed by atoms with Gasteiger partial charge in [0.1, 0.15) is 5.82 Å². The molecule has 2 rings (SSSR count). The number of pyridine rings is 1. The summed E-state index contributed by atoms with van der Waals surface area (Å²) < 4.78 is 0. The van der Waals surface area contributed by atoms with Crippen LogP contribution < -0.4 is 11.1 Å². The molecule has 1 aromatic rings. The lowest BCUT2D eigenvalue weighted by Crippen LogP contribution is -2.63. The number of aromatic nitrogens is 1. The Labute approximate surface area is 170 Å². The summed E-state index contributed by atoms with van der Waals surface area (Å²) in [4.78, 5) is 23.7. The van der Waals surface area contributed by atoms with Gasteiger partial charge in [-0.25, -0.2) is 4.98 Å². The van der Waals surface area contributed by atoms with Crippen LogP contribution in [0.25, 0.3) is 0 Å². The second-order valence-corrected chi connectivity index (χ2v) is 10.3. The summed E-state index contributed by atoms with van der Waals surface area (Å²) in [6, 6.07) is 3.62. The van der Waals surface area contributed by atoms with Crippen molar-refractivity contribution in [1.29, 1.82) is 0 Å². The van der Waals surface area contributed by atoms with Gasteiger partial charge in [-0.05, 0) is 92.3 Å². The Bertz CT molecular complexity index is 694. The number of nitrogens with two attached hydrogens (primary N) is 1. The van der Waals surface area contributed by atoms with E-state index < -0.39 is 11.0 Å². The average Bonchev–Trinajstić information content (AvgIpc) is 2.55. The summed E-state index contributed by atoms with van der Waals surface area (Å²) in [7, 11) is 0. The first-order valence-electron chi connectivity index (χ1n) is 10.2. The third-order valence-corrected chi connectivity index (χ3v) is 6.37. The van der Waals surface area contributed by atoms with E-state index in [-0.39, 0.29) is 17.0 Å². The first-order valence-corrected chi connectivity index (χ1v) is 10.2. The molecule has 0 atom stereocenters. The van der Waals surface area contributed by atoms with Gasteiger partial charge in [0.05, 0.1) is 11.0 Å². The molecule has 0 unspecified atom stereocenters. The Morgan fingerprint density at radius 3 is 2.32 bits per heavy atom. The fourth-order valence-electron chi connectivity index (χ4n) is 3.85. The van der Waals surface area contributed by atoms with E-state index in [1.807, 2.05) is 33.8 Å². The van der Waals surface area contributed by atoms with Crippen molar-refractivity contribution in [3.63, 3.8) is 0 Å². The molecule has 0 radical (unpaired) electrons. The second-order valence-electron chi connectivity index (χ2n) is 10.3. The minimum absolute atomic E-state index is 0.0551. The molecule has 6 heteroatoms. The van der Waals surface area contributed by atoms with E-state index in [1.54, 1.807) is 12.3 Å². The van der Waals surface area contributed by atoms with Gasteiger partial charge in [-0.15, -0.1) is 0 Å². The van der Waals surface area contributed by atoms with Crippen molar-refractivity contribution < 1.29 is 9.63 Å². The topological polar surface area (TPSA) is 80.5 Å². The first-order chi connectivity index (χ1) is 12.7. The molecule has 1 saturated heterocycles. The van der Waals surface area contributed by atoms with Crippen molar-refractivity contribution in [2.75, 3.05) is 5.73 Å². The van der Waals surface area contributed by atoms with Gasteiger partial charge in [0.2, 0.25) is 5.91 Å². The van der Waals surface area contributed by atoms with E-state index >= 15 is 0 Å². The molecule has 0 aliphatic carbocycles. The predicted molar refractivity (Wildman–Crippen MR) is 113 cm³/mol. The number of nitrogen functional groups attached to an aromatic ring is 1. The molecule has 28 heavy (non-hydrogen) atoms. The Balaban J connectivity index is 2.14. The van der Waals surface area contributed by atoms with Crippen LogP contribution in [0.15, 0.2) is 18.3 Å². The lowest BCUT2D eigenvalue weighted by Gasteiger charge is -2.55. The average molecular weight is 391 g/mol. The summed E-state index contributed by atoms with van der Waals surface area (Å²) >= 11 is 0. The third kappa shape index (κ3) is 4.66. The summed E-state index contributed by atoms with van der Waals surface area (Å²) in [5.41, 5.74) is 5.05. The Hall–Kier alpha value is -1.66. The van der Waals surface area contributed by atoms with E-state index in [2.05, 4.69) is 43.1 Å². The largest absolute Gasteiger partial charge is 0.384 e. The Morgan fingerprint density at radius 2 is 1.79 bits per heavy atom. The van der Waals surface area contributed by atoms with Crippen LogP contribution in [-0.4, -0.2) is 32.6 Å². The van der Waals surface area contributed by atoms with Gasteiger partial charge in [-0.2, -0.15) is 5.06 Å². The number of carbonyl (C=O) groups is 1. The van der Waals surface area contributed by atoms with Gasteiger partial charge in [-0.1, -0.05) is 0 Å². The van der Waals surface area contributed by atoms with Crippen molar-refractivity contribution in [1.82, 2.24) is 15.4 Å². The SMILES string of the molecule is CC1(C)CCCC(C)(C)N1OC(C)(C)C(C)(C)C(=O)NCc1ccnc(N)c1. The van der Waals surface area contributed by atoms with Gasteiger partial charge in [0.15, 0.2) is 0 Å². The number of nitrogens with zero attached hydrogens (tertiary/aromatic N) is 2. The van der Waals surface area contributed by atoms with Crippen LogP contribution in [0.2, 0.25) is 0 Å². The monoisotopic (exact) mass is 390 g/mol. The number of hydroxylamine groups is 2. The van der Waals surface area contributed by atoms with Gasteiger partial charge >= 0.3 is 0 Å². The molecule has 1 aliphatic heterocycles. The van der Waals surface area contributed by atoms with E-state index in [0.717, 1.165) is 18.4 Å². The zero-order chi connectivity index (χ0) is 21.4. The highest BCUT2D eigenvalue weighted by Gasteiger charge is 2.51. The number of nitrogens with one attached hydrogen (secondary N) is 1. The fraction of sp³-hybridized carbons (Fsp3) is 0.727. The number of carbonyl (C=O) groups excluding carboxylic acids is 1. The molecule has 0 saturated carbocycles. The highest BCUT2D eigenvalue weighted by molar-refractivity contribution is 5.83. The summed E-state index contributed by atoms with van der Waals surface area (Å²) in [5, 5.41) is 5.16. The number of rotatable bonds is 6. The van der Waals surface area contributed by atoms with Crippen molar-refractivity contribution in [2.24, 2.45) is 5.41 Å². The lowest BCUT2D eigenvalue weighted by atomic mass is 9.76. The normalized spacial score (nSPS) is 20.0. The third-order valence-electron chi connectivity index (χ3n) is 6.37. The summed E-state index contributed by atoms with van der Waals surface area (Å²) in [6.07, 6.45) is 4.97. The first kappa shape index (κ1) is 22.6. The quantitative estimate of drug-likeness (QED) is 0.766. The van der Waals surface area contributed by atoms with Gasteiger partial charge < -0.3 is 11.1 Å². The molecule has 0 bridgehead atoms. The molecule has 1 amide bonds. The van der Waals surface area contributed by atoms with Crippen molar-refractivity contribution in [3.8, 4) is 0 Å². The number of piperidine rings is 1. The maximum Gasteiger partial charge on any atom is 0.228 e. The van der Waals surface area contributed by atoms with Gasteiger partial charge in [0.25, 0.3) is 0 Å². The second kappa shape index (κ2) is 7.64. The molecule has 1 fully saturated rings. The van der Waals surface area contributed by atoms with E-state index in [1.165, 1.54) is 6.42 Å². The van der Waals surface area contributed by atoms with Crippen LogP contribution in [-0.2, 0) is 16.2 Å². The lowest BCUT2D eigenvalue weighted by molar-refractivity contribution is -0.344. The standard InChI is InChI=1S/C22H38N4O2/c1-19(2)11-9-12-20(3,4)26(19)28-22(7,8)21(5,6)18(27)25-15-16-10-13-24-17(23)14-16/h10,13-14H,9,11-12,15H2,1-8H3,(H2,23,24)(H,25,27). The van der Waals surface area contributed by atoms with Crippen molar-refractivity contribution in [3.05, 3.63) is 23.9 Å². The van der Waals surface area contributed by atoms with E-state index in [0.29, 0.717) is 12.4 Å². The number of amides is 1. The predicted octanol–water partition coefficient (Wildman–Crippen LogP) is 4.06. The zero-order valence-electron chi connectivity index (χ0n) is 18.8. The molecule has 6 nitrogen and oxygen atoms in total. The number of anilines is 1. The molecular weight excluding hydrogens is 352 g/mol. The van der Waals surface area contributed by atoms with Crippen LogP contribution in [0.5, 0.6) is 0 Å². The van der Waals surface area contributed by atoms with Gasteiger partial charge in [0, 0.05) is 23.8 Å². The number of hydrogen-bond acceptors (Lipinski definition) is 5. The number of hydrogen-bond donors (Lipinski definition) is 2. The summed E-state index contributed by atoms with van der Waals surface area (Å²) in [6.45, 7) is 17.1. The fourth-order valence-corrected chi connectivity index (χ4v) is 3.85. The summed E-state index contributed by atoms with van der Waals surface area (Å²) in [5.74, 6) is 0.393. The van der Waals surface area contributed by atoms with Crippen LogP contribution in [0.4, 0.5) is 5.82 Å². The van der Waals surface area contributed by atoms with Crippen LogP contribution in [0, 0.1) is 5.41 Å². The zero-order valence-corrected chi connectivity index (χ0v) is 18.8. The molecular formula is C22H38N4O2. The highest BCUT2D eigenvalue weighted by Crippen LogP contribution is 2.43. The minimum Gasteiger partial charge on any atom is -0.384 e. The van der Waals surface area contributed by atoms with Crippen molar-refractivity contribution >= 4 is 11.7 Å². The Morgan fingerprint density at radius 1 is 1.21 bits per heavy atom. The van der Waals surface area contributed by atoms with Crippen LogP contribution >= 0.6 is 0 Å². The van der Waals surface area contributed by atoms with Gasteiger partial charge in [-0.3, -0.25) is 9.63 Å². The van der Waals surface area contributed by atoms with Crippen LogP contribution in [0.1, 0.15) is 80.2 Å². The van der Waals surface area contributed by atoms with Crippen molar-refractivity contribution in [2.45, 2.75) is 97.9 Å². The van der Waals surface area contributed by atoms with Crippen LogP contribution in [0.3, 0.4) is 0 Å². The molecule has 0 spiro atoms. The Kier molecular flexibility index (Phi) is 6.17. The molecule has 1 aliphatic rings. The highest BCUT2D eigenvalue weighted by atomic mass is 16.7. The molecule has 3 N–H and O–H groups in total. The molecule has 2 heterocycles.